The van der Waals surface area contributed by atoms with E-state index < -0.39 is 0 Å². The molecule has 19 heavy (non-hydrogen) atoms. The molecule has 1 heterocycles. The van der Waals surface area contributed by atoms with Gasteiger partial charge in [0.05, 0.1) is 17.0 Å². The Hall–Kier alpha value is -2.12. The van der Waals surface area contributed by atoms with Gasteiger partial charge in [0.15, 0.2) is 5.78 Å². The van der Waals surface area contributed by atoms with E-state index in [0.717, 1.165) is 4.88 Å². The van der Waals surface area contributed by atoms with Crippen LogP contribution in [0.5, 0.6) is 5.75 Å². The molecule has 0 bridgehead atoms. The van der Waals surface area contributed by atoms with Crippen LogP contribution in [0.15, 0.2) is 41.8 Å². The summed E-state index contributed by atoms with van der Waals surface area (Å²) in [5.74, 6) is 0.723. The third kappa shape index (κ3) is 3.67. The Kier molecular flexibility index (Phi) is 4.71. The molecule has 0 N–H and O–H groups in total. The Morgan fingerprint density at radius 3 is 2.84 bits per heavy atom. The van der Waals surface area contributed by atoms with Crippen LogP contribution in [0.4, 0.5) is 0 Å². The van der Waals surface area contributed by atoms with Crippen molar-refractivity contribution in [3.8, 4) is 11.8 Å². The number of rotatable bonds is 6. The van der Waals surface area contributed by atoms with Crippen molar-refractivity contribution in [2.45, 2.75) is 12.8 Å². The third-order valence-electron chi connectivity index (χ3n) is 2.61. The average molecular weight is 271 g/mol. The molecular weight excluding hydrogens is 258 g/mol. The molecule has 0 aliphatic heterocycles. The predicted octanol–water partition coefficient (Wildman–Crippen LogP) is 3.66. The first-order chi connectivity index (χ1) is 9.31. The summed E-state index contributed by atoms with van der Waals surface area (Å²) < 4.78 is 5.52. The minimum absolute atomic E-state index is 0.146. The van der Waals surface area contributed by atoms with E-state index in [4.69, 9.17) is 10.00 Å². The van der Waals surface area contributed by atoms with E-state index in [1.165, 1.54) is 11.3 Å². The number of nitriles is 1. The molecule has 0 radical (unpaired) electrons. The van der Waals surface area contributed by atoms with Crippen LogP contribution in [0, 0.1) is 11.3 Å². The summed E-state index contributed by atoms with van der Waals surface area (Å²) in [6.07, 6.45) is 1.12. The SMILES string of the molecule is N#Cc1ccccc1OCCCC(=O)c1cccs1. The van der Waals surface area contributed by atoms with E-state index in [1.54, 1.807) is 18.2 Å². The molecule has 0 aliphatic carbocycles. The Morgan fingerprint density at radius 2 is 2.11 bits per heavy atom. The number of benzene rings is 1. The number of nitrogens with zero attached hydrogens (tertiary/aromatic N) is 1. The second-order valence-corrected chi connectivity index (χ2v) is 4.91. The Bertz CT molecular complexity index is 584. The van der Waals surface area contributed by atoms with Gasteiger partial charge in [0.2, 0.25) is 0 Å². The van der Waals surface area contributed by atoms with E-state index in [1.807, 2.05) is 23.6 Å². The minimum atomic E-state index is 0.146. The number of hydrogen-bond acceptors (Lipinski definition) is 4. The second-order valence-electron chi connectivity index (χ2n) is 3.96. The van der Waals surface area contributed by atoms with Crippen LogP contribution in [-0.4, -0.2) is 12.4 Å². The standard InChI is InChI=1S/C15H13NO2S/c16-11-12-5-1-2-7-14(12)18-9-3-6-13(17)15-8-4-10-19-15/h1-2,4-5,7-8,10H,3,6,9H2. The van der Waals surface area contributed by atoms with Gasteiger partial charge in [0.25, 0.3) is 0 Å². The normalized spacial score (nSPS) is 9.84. The second kappa shape index (κ2) is 6.72. The molecular formula is C15H13NO2S. The average Bonchev–Trinajstić information content (AvgIpc) is 2.98. The van der Waals surface area contributed by atoms with E-state index in [9.17, 15) is 4.79 Å². The largest absolute Gasteiger partial charge is 0.492 e. The highest BCUT2D eigenvalue weighted by molar-refractivity contribution is 7.12. The fourth-order valence-electron chi connectivity index (χ4n) is 1.66. The lowest BCUT2D eigenvalue weighted by Gasteiger charge is -2.06. The van der Waals surface area contributed by atoms with E-state index in [0.29, 0.717) is 30.8 Å². The molecule has 0 saturated heterocycles. The van der Waals surface area contributed by atoms with Crippen LogP contribution in [0.2, 0.25) is 0 Å². The fraction of sp³-hybridized carbons (Fsp3) is 0.200. The number of hydrogen-bond donors (Lipinski definition) is 0. The molecule has 0 aliphatic rings. The molecule has 0 fully saturated rings. The maximum atomic E-state index is 11.7. The van der Waals surface area contributed by atoms with Gasteiger partial charge < -0.3 is 4.74 Å². The Balaban J connectivity index is 1.78. The molecule has 2 rings (SSSR count). The van der Waals surface area contributed by atoms with Gasteiger partial charge in [-0.25, -0.2) is 0 Å². The first-order valence-corrected chi connectivity index (χ1v) is 6.88. The van der Waals surface area contributed by atoms with Crippen molar-refractivity contribution >= 4 is 17.1 Å². The van der Waals surface area contributed by atoms with Crippen LogP contribution >= 0.6 is 11.3 Å². The van der Waals surface area contributed by atoms with Crippen molar-refractivity contribution in [3.63, 3.8) is 0 Å². The summed E-state index contributed by atoms with van der Waals surface area (Å²) in [4.78, 5) is 12.5. The highest BCUT2D eigenvalue weighted by Gasteiger charge is 2.07. The molecule has 0 atom stereocenters. The zero-order valence-electron chi connectivity index (χ0n) is 10.3. The number of para-hydroxylation sites is 1. The summed E-state index contributed by atoms with van der Waals surface area (Å²) in [6.45, 7) is 0.440. The smallest absolute Gasteiger partial charge is 0.172 e. The van der Waals surface area contributed by atoms with Crippen LogP contribution in [-0.2, 0) is 0 Å². The van der Waals surface area contributed by atoms with Crippen molar-refractivity contribution in [1.29, 1.82) is 5.26 Å². The number of ketones is 1. The van der Waals surface area contributed by atoms with Gasteiger partial charge in [0, 0.05) is 6.42 Å². The molecule has 4 heteroatoms. The zero-order chi connectivity index (χ0) is 13.5. The molecule has 0 unspecified atom stereocenters. The van der Waals surface area contributed by atoms with Crippen molar-refractivity contribution in [2.75, 3.05) is 6.61 Å². The third-order valence-corrected chi connectivity index (χ3v) is 3.52. The molecule has 1 aromatic heterocycles. The van der Waals surface area contributed by atoms with Gasteiger partial charge in [-0.15, -0.1) is 11.3 Å². The summed E-state index contributed by atoms with van der Waals surface area (Å²) in [7, 11) is 0. The monoisotopic (exact) mass is 271 g/mol. The number of carbonyl (C=O) groups excluding carboxylic acids is 1. The lowest BCUT2D eigenvalue weighted by Crippen LogP contribution is -2.03. The molecule has 0 spiro atoms. The number of Topliss-reactive ketones (excluding diaryl/α,β-unsaturated/α-hetero) is 1. The Morgan fingerprint density at radius 1 is 1.26 bits per heavy atom. The van der Waals surface area contributed by atoms with E-state index in [2.05, 4.69) is 6.07 Å². The predicted molar refractivity (Wildman–Crippen MR) is 74.5 cm³/mol. The Labute approximate surface area is 116 Å². The first kappa shape index (κ1) is 13.3. The topological polar surface area (TPSA) is 50.1 Å². The van der Waals surface area contributed by atoms with Crippen molar-refractivity contribution in [3.05, 3.63) is 52.2 Å². The summed E-state index contributed by atoms with van der Waals surface area (Å²) in [5, 5.41) is 10.8. The maximum Gasteiger partial charge on any atom is 0.172 e. The highest BCUT2D eigenvalue weighted by atomic mass is 32.1. The van der Waals surface area contributed by atoms with Crippen LogP contribution < -0.4 is 4.74 Å². The molecule has 96 valence electrons. The van der Waals surface area contributed by atoms with Gasteiger partial charge in [-0.05, 0) is 30.0 Å². The van der Waals surface area contributed by atoms with Gasteiger partial charge in [-0.2, -0.15) is 5.26 Å². The van der Waals surface area contributed by atoms with Crippen LogP contribution in [0.3, 0.4) is 0 Å². The lowest BCUT2D eigenvalue weighted by molar-refractivity contribution is 0.0977. The number of thiophene rings is 1. The quantitative estimate of drug-likeness (QED) is 0.595. The van der Waals surface area contributed by atoms with Crippen molar-refractivity contribution in [1.82, 2.24) is 0 Å². The van der Waals surface area contributed by atoms with Crippen LogP contribution in [0.25, 0.3) is 0 Å². The maximum absolute atomic E-state index is 11.7. The van der Waals surface area contributed by atoms with Crippen LogP contribution in [0.1, 0.15) is 28.1 Å². The minimum Gasteiger partial charge on any atom is -0.492 e. The van der Waals surface area contributed by atoms with Crippen molar-refractivity contribution < 1.29 is 9.53 Å². The summed E-state index contributed by atoms with van der Waals surface area (Å²) >= 11 is 1.46. The molecule has 2 aromatic rings. The van der Waals surface area contributed by atoms with Gasteiger partial charge in [-0.3, -0.25) is 4.79 Å². The van der Waals surface area contributed by atoms with E-state index >= 15 is 0 Å². The lowest BCUT2D eigenvalue weighted by atomic mass is 10.2. The summed E-state index contributed by atoms with van der Waals surface area (Å²) in [6, 6.07) is 12.9. The molecule has 0 saturated carbocycles. The fourth-order valence-corrected chi connectivity index (χ4v) is 2.35. The number of carbonyl (C=O) groups is 1. The van der Waals surface area contributed by atoms with Gasteiger partial charge in [0.1, 0.15) is 11.8 Å². The first-order valence-electron chi connectivity index (χ1n) is 6.00. The van der Waals surface area contributed by atoms with Gasteiger partial charge in [-0.1, -0.05) is 18.2 Å². The zero-order valence-corrected chi connectivity index (χ0v) is 11.2. The molecule has 3 nitrogen and oxygen atoms in total. The van der Waals surface area contributed by atoms with E-state index in [-0.39, 0.29) is 5.78 Å². The van der Waals surface area contributed by atoms with Gasteiger partial charge >= 0.3 is 0 Å². The molecule has 0 amide bonds. The molecule has 1 aromatic carbocycles. The highest BCUT2D eigenvalue weighted by Crippen LogP contribution is 2.17. The summed E-state index contributed by atoms with van der Waals surface area (Å²) in [5.41, 5.74) is 0.520. The van der Waals surface area contributed by atoms with Crippen molar-refractivity contribution in [2.24, 2.45) is 0 Å². The number of ether oxygens (including phenoxy) is 1.